The van der Waals surface area contributed by atoms with Gasteiger partial charge in [0.05, 0.1) is 22.8 Å². The number of alkyl halides is 6. The fourth-order valence-corrected chi connectivity index (χ4v) is 3.21. The predicted molar refractivity (Wildman–Crippen MR) is 118 cm³/mol. The molecule has 3 N–H and O–H groups in total. The number of primary amides is 1. The van der Waals surface area contributed by atoms with Crippen LogP contribution in [0.2, 0.25) is 5.02 Å². The number of aromatic nitrogens is 3. The highest BCUT2D eigenvalue weighted by molar-refractivity contribution is 6.32. The highest BCUT2D eigenvalue weighted by Gasteiger charge is 2.51. The Kier molecular flexibility index (Phi) is 7.84. The number of ether oxygens (including phenoxy) is 2. The van der Waals surface area contributed by atoms with Crippen molar-refractivity contribution in [3.8, 4) is 11.7 Å². The number of nitrogens with two attached hydrogens (primary N) is 1. The Bertz CT molecular complexity index is 1440. The van der Waals surface area contributed by atoms with Crippen molar-refractivity contribution in [1.82, 2.24) is 14.8 Å². The van der Waals surface area contributed by atoms with Crippen LogP contribution in [-0.2, 0) is 4.74 Å². The smallest absolute Gasteiger partial charge is 0.409 e. The van der Waals surface area contributed by atoms with E-state index in [1.165, 1.54) is 31.3 Å². The topological polar surface area (TPSA) is 126 Å². The first kappa shape index (κ1) is 28.2. The minimum absolute atomic E-state index is 0.0272. The van der Waals surface area contributed by atoms with E-state index in [9.17, 15) is 35.9 Å². The Morgan fingerprint density at radius 3 is 2.50 bits per heavy atom. The predicted octanol–water partition coefficient (Wildman–Crippen LogP) is 4.93. The van der Waals surface area contributed by atoms with E-state index in [1.807, 2.05) is 0 Å². The summed E-state index contributed by atoms with van der Waals surface area (Å²) in [5, 5.41) is 5.72. The Hall–Kier alpha value is -4.36. The van der Waals surface area contributed by atoms with Crippen molar-refractivity contribution in [3.63, 3.8) is 0 Å². The van der Waals surface area contributed by atoms with E-state index in [-0.39, 0.29) is 33.3 Å². The van der Waals surface area contributed by atoms with Crippen molar-refractivity contribution in [3.05, 3.63) is 69.8 Å². The van der Waals surface area contributed by atoms with E-state index >= 15 is 0 Å². The molecule has 0 saturated heterocycles. The van der Waals surface area contributed by atoms with Crippen molar-refractivity contribution >= 4 is 34.8 Å². The first-order valence-corrected chi connectivity index (χ1v) is 10.3. The molecule has 38 heavy (non-hydrogen) atoms. The van der Waals surface area contributed by atoms with Crippen molar-refractivity contribution in [2.24, 2.45) is 5.73 Å². The molecule has 0 aliphatic rings. The molecular formula is C21H13ClF6N6O4. The molecule has 3 aromatic rings. The van der Waals surface area contributed by atoms with E-state index in [0.717, 1.165) is 6.07 Å². The van der Waals surface area contributed by atoms with Crippen LogP contribution in [0.15, 0.2) is 36.5 Å². The molecule has 2 aromatic heterocycles. The third-order valence-corrected chi connectivity index (χ3v) is 4.85. The zero-order valence-electron chi connectivity index (χ0n) is 18.7. The van der Waals surface area contributed by atoms with Crippen LogP contribution < -0.4 is 15.8 Å². The second-order valence-corrected chi connectivity index (χ2v) is 7.65. The molecule has 2 heterocycles. The van der Waals surface area contributed by atoms with Gasteiger partial charge in [-0.1, -0.05) is 17.7 Å². The summed E-state index contributed by atoms with van der Waals surface area (Å²) in [4.78, 5) is 32.1. The number of carbonyl (C=O) groups is 2. The molecule has 0 fully saturated rings. The first-order valence-electron chi connectivity index (χ1n) is 9.92. The van der Waals surface area contributed by atoms with Gasteiger partial charge in [-0.15, -0.1) is 18.3 Å². The molecular weight excluding hydrogens is 550 g/mol. The summed E-state index contributed by atoms with van der Waals surface area (Å²) in [6.07, 6.45) is -14.1. The van der Waals surface area contributed by atoms with E-state index in [2.05, 4.69) is 29.7 Å². The monoisotopic (exact) mass is 562 g/mol. The van der Waals surface area contributed by atoms with Crippen LogP contribution in [0, 0.1) is 13.5 Å². The van der Waals surface area contributed by atoms with Gasteiger partial charge in [0.25, 0.3) is 5.91 Å². The Morgan fingerprint density at radius 1 is 1.24 bits per heavy atom. The number of pyridine rings is 1. The molecule has 17 heteroatoms. The van der Waals surface area contributed by atoms with Gasteiger partial charge >= 0.3 is 18.8 Å². The van der Waals surface area contributed by atoms with Crippen LogP contribution in [-0.4, -0.2) is 45.4 Å². The second kappa shape index (κ2) is 10.6. The van der Waals surface area contributed by atoms with Gasteiger partial charge in [-0.05, 0) is 30.7 Å². The lowest BCUT2D eigenvalue weighted by Gasteiger charge is -2.20. The molecule has 2 amide bonds. The summed E-state index contributed by atoms with van der Waals surface area (Å²) in [6.45, 7) is 8.53. The number of carbonyl (C=O) groups excluding carboxylic acids is 2. The van der Waals surface area contributed by atoms with E-state index in [1.54, 1.807) is 0 Å². The van der Waals surface area contributed by atoms with Crippen LogP contribution in [0.4, 0.5) is 37.7 Å². The number of rotatable bonds is 8. The van der Waals surface area contributed by atoms with Crippen LogP contribution in [0.1, 0.15) is 26.4 Å². The van der Waals surface area contributed by atoms with Crippen molar-refractivity contribution < 1.29 is 45.4 Å². The number of halogens is 7. The van der Waals surface area contributed by atoms with E-state index < -0.39 is 42.2 Å². The molecule has 10 nitrogen and oxygen atoms in total. The maximum atomic E-state index is 14.0. The number of amides is 2. The molecule has 3 rings (SSSR count). The molecule has 1 aromatic carbocycles. The molecule has 0 bridgehead atoms. The standard InChI is InChI=1S/C21H13ClF6N6O4/c1-9-6-10(30-2)7-11(16(29)35)15(9)32-18(36)13-8-14(33-34(13)17-12(22)4-3-5-31-17)37-20(24,25)19(23)38-21(26,27)28/h3-8,19H,1H3,(H2,29,35)(H,32,36). The normalized spacial score (nSPS) is 12.5. The summed E-state index contributed by atoms with van der Waals surface area (Å²) in [5.74, 6) is -3.68. The van der Waals surface area contributed by atoms with Crippen molar-refractivity contribution in [2.45, 2.75) is 25.8 Å². The number of nitrogens with one attached hydrogen (secondary N) is 1. The first-order chi connectivity index (χ1) is 17.6. The summed E-state index contributed by atoms with van der Waals surface area (Å²) in [6, 6.07) is 5.61. The zero-order valence-corrected chi connectivity index (χ0v) is 19.4. The fraction of sp³-hybridized carbons (Fsp3) is 0.190. The third-order valence-electron chi connectivity index (χ3n) is 4.55. The molecule has 0 aliphatic heterocycles. The minimum atomic E-state index is -5.75. The Balaban J connectivity index is 2.06. The Labute approximate surface area is 213 Å². The van der Waals surface area contributed by atoms with Crippen molar-refractivity contribution in [1.29, 1.82) is 0 Å². The fourth-order valence-electron chi connectivity index (χ4n) is 3.01. The highest BCUT2D eigenvalue weighted by Crippen LogP contribution is 2.33. The summed E-state index contributed by atoms with van der Waals surface area (Å²) < 4.78 is 85.3. The number of hydrogen-bond acceptors (Lipinski definition) is 6. The van der Waals surface area contributed by atoms with Gasteiger partial charge in [0.15, 0.2) is 11.5 Å². The SMILES string of the molecule is [C-]#[N+]c1cc(C)c(NC(=O)c2cc(OC(F)(F)C(F)OC(F)(F)F)nn2-c2ncccc2Cl)c(C(N)=O)c1. The maximum Gasteiger partial charge on any atom is 0.525 e. The van der Waals surface area contributed by atoms with Gasteiger partial charge in [-0.3, -0.25) is 9.59 Å². The lowest BCUT2D eigenvalue weighted by molar-refractivity contribution is -0.411. The van der Waals surface area contributed by atoms with Crippen LogP contribution in [0.25, 0.3) is 10.7 Å². The zero-order chi connectivity index (χ0) is 28.4. The molecule has 1 atom stereocenters. The summed E-state index contributed by atoms with van der Waals surface area (Å²) >= 11 is 6.05. The van der Waals surface area contributed by atoms with E-state index in [0.29, 0.717) is 10.7 Å². The van der Waals surface area contributed by atoms with Gasteiger partial charge in [0, 0.05) is 12.3 Å². The van der Waals surface area contributed by atoms with Gasteiger partial charge < -0.3 is 15.8 Å². The number of benzene rings is 1. The quantitative estimate of drug-likeness (QED) is 0.296. The summed E-state index contributed by atoms with van der Waals surface area (Å²) in [7, 11) is 0. The number of aryl methyl sites for hydroxylation is 1. The van der Waals surface area contributed by atoms with Gasteiger partial charge in [0.1, 0.15) is 5.69 Å². The highest BCUT2D eigenvalue weighted by atomic mass is 35.5. The molecule has 200 valence electrons. The largest absolute Gasteiger partial charge is 0.525 e. The van der Waals surface area contributed by atoms with Gasteiger partial charge in [0.2, 0.25) is 11.8 Å². The third kappa shape index (κ3) is 6.30. The molecule has 0 saturated carbocycles. The van der Waals surface area contributed by atoms with Crippen LogP contribution in [0.3, 0.4) is 0 Å². The second-order valence-electron chi connectivity index (χ2n) is 7.25. The van der Waals surface area contributed by atoms with Gasteiger partial charge in [-0.2, -0.15) is 8.78 Å². The molecule has 0 spiro atoms. The molecule has 0 aliphatic carbocycles. The number of nitrogens with zero attached hydrogens (tertiary/aromatic N) is 4. The maximum absolute atomic E-state index is 14.0. The molecule has 0 radical (unpaired) electrons. The Morgan fingerprint density at radius 2 is 1.92 bits per heavy atom. The molecule has 1 unspecified atom stereocenters. The number of anilines is 1. The average Bonchev–Trinajstić information content (AvgIpc) is 3.22. The van der Waals surface area contributed by atoms with Crippen LogP contribution in [0.5, 0.6) is 5.88 Å². The lowest BCUT2D eigenvalue weighted by atomic mass is 10.1. The minimum Gasteiger partial charge on any atom is -0.409 e. The van der Waals surface area contributed by atoms with Gasteiger partial charge in [-0.25, -0.2) is 23.6 Å². The average molecular weight is 563 g/mol. The van der Waals surface area contributed by atoms with Crippen molar-refractivity contribution in [2.75, 3.05) is 5.32 Å². The van der Waals surface area contributed by atoms with Crippen LogP contribution >= 0.6 is 11.6 Å². The summed E-state index contributed by atoms with van der Waals surface area (Å²) in [5.41, 5.74) is 4.54. The van der Waals surface area contributed by atoms with E-state index in [4.69, 9.17) is 23.9 Å². The number of hydrogen-bond donors (Lipinski definition) is 2. The lowest BCUT2D eigenvalue weighted by Crippen LogP contribution is -2.41.